The highest BCUT2D eigenvalue weighted by Crippen LogP contribution is 2.30. The first-order valence-electron chi connectivity index (χ1n) is 9.01. The number of para-hydroxylation sites is 1. The van der Waals surface area contributed by atoms with Gasteiger partial charge >= 0.3 is 12.6 Å². The molecule has 0 fully saturated rings. The summed E-state index contributed by atoms with van der Waals surface area (Å²) in [6.45, 7) is -1.48. The third-order valence-corrected chi connectivity index (χ3v) is 4.33. The van der Waals surface area contributed by atoms with Crippen LogP contribution in [0, 0.1) is 0 Å². The van der Waals surface area contributed by atoms with Crippen LogP contribution in [0.3, 0.4) is 0 Å². The van der Waals surface area contributed by atoms with Gasteiger partial charge in [-0.3, -0.25) is 4.79 Å². The van der Waals surface area contributed by atoms with Gasteiger partial charge in [-0.25, -0.2) is 4.79 Å². The lowest BCUT2D eigenvalue weighted by Gasteiger charge is -2.11. The summed E-state index contributed by atoms with van der Waals surface area (Å²) in [6, 6.07) is 11.5. The zero-order valence-electron chi connectivity index (χ0n) is 16.2. The van der Waals surface area contributed by atoms with Gasteiger partial charge in [-0.05, 0) is 36.8 Å². The van der Waals surface area contributed by atoms with Crippen molar-refractivity contribution < 1.29 is 32.6 Å². The maximum absolute atomic E-state index is 12.6. The topological polar surface area (TPSA) is 77.6 Å². The number of aromatic amines is 1. The lowest BCUT2D eigenvalue weighted by Crippen LogP contribution is -2.23. The predicted octanol–water partition coefficient (Wildman–Crippen LogP) is 4.61. The van der Waals surface area contributed by atoms with Crippen molar-refractivity contribution in [1.29, 1.82) is 0 Å². The first kappa shape index (κ1) is 21.0. The Bertz CT molecular complexity index is 1090. The number of esters is 1. The average Bonchev–Trinajstić information content (AvgIpc) is 3.16. The van der Waals surface area contributed by atoms with E-state index < -0.39 is 18.7 Å². The van der Waals surface area contributed by atoms with Crippen molar-refractivity contribution in [2.45, 2.75) is 19.6 Å². The van der Waals surface area contributed by atoms with Gasteiger partial charge in [0.2, 0.25) is 5.78 Å². The van der Waals surface area contributed by atoms with Gasteiger partial charge in [0.15, 0.2) is 17.6 Å². The van der Waals surface area contributed by atoms with E-state index in [4.69, 9.17) is 9.47 Å². The fourth-order valence-corrected chi connectivity index (χ4v) is 2.91. The molecular formula is C22H19F2NO5. The third kappa shape index (κ3) is 4.83. The molecule has 0 spiro atoms. The molecule has 6 nitrogen and oxygen atoms in total. The highest BCUT2D eigenvalue weighted by molar-refractivity contribution is 6.10. The van der Waals surface area contributed by atoms with Crippen molar-refractivity contribution in [3.8, 4) is 11.5 Å². The first-order valence-corrected chi connectivity index (χ1v) is 9.01. The van der Waals surface area contributed by atoms with Crippen molar-refractivity contribution >= 4 is 28.7 Å². The molecule has 1 heterocycles. The third-order valence-electron chi connectivity index (χ3n) is 4.33. The zero-order valence-corrected chi connectivity index (χ0v) is 16.2. The van der Waals surface area contributed by atoms with Crippen LogP contribution in [0.25, 0.3) is 17.0 Å². The quantitative estimate of drug-likeness (QED) is 0.330. The number of nitrogens with one attached hydrogen (secondary N) is 1. The summed E-state index contributed by atoms with van der Waals surface area (Å²) in [7, 11) is 1.31. The number of carbonyl (C=O) groups excluding carboxylic acids is 2. The summed E-state index contributed by atoms with van der Waals surface area (Å²) in [5.41, 5.74) is 1.75. The number of aromatic nitrogens is 1. The SMILES string of the molecule is COc1cc(/C=C/C(=O)OC(C)C(=O)c2c[nH]c3ccccc23)ccc1OC(F)F. The largest absolute Gasteiger partial charge is 0.493 e. The van der Waals surface area contributed by atoms with E-state index in [0.29, 0.717) is 11.1 Å². The molecule has 3 aromatic rings. The van der Waals surface area contributed by atoms with Crippen molar-refractivity contribution in [1.82, 2.24) is 4.98 Å². The molecule has 1 N–H and O–H groups in total. The molecule has 0 amide bonds. The minimum absolute atomic E-state index is 0.0914. The Morgan fingerprint density at radius 3 is 2.60 bits per heavy atom. The number of rotatable bonds is 8. The fraction of sp³-hybridized carbons (Fsp3) is 0.182. The number of fused-ring (bicyclic) bond motifs is 1. The molecule has 0 saturated heterocycles. The Morgan fingerprint density at radius 2 is 1.87 bits per heavy atom. The van der Waals surface area contributed by atoms with Crippen LogP contribution in [0.15, 0.2) is 54.7 Å². The average molecular weight is 415 g/mol. The molecule has 1 atom stereocenters. The summed E-state index contributed by atoms with van der Waals surface area (Å²) >= 11 is 0. The second-order valence-electron chi connectivity index (χ2n) is 6.31. The number of carbonyl (C=O) groups is 2. The molecule has 8 heteroatoms. The summed E-state index contributed by atoms with van der Waals surface area (Å²) in [4.78, 5) is 27.7. The van der Waals surface area contributed by atoms with Crippen molar-refractivity contribution in [3.63, 3.8) is 0 Å². The van der Waals surface area contributed by atoms with E-state index in [1.807, 2.05) is 24.3 Å². The molecule has 1 aromatic heterocycles. The number of benzene rings is 2. The predicted molar refractivity (Wildman–Crippen MR) is 107 cm³/mol. The number of ketones is 1. The molecule has 1 unspecified atom stereocenters. The number of halogens is 2. The van der Waals surface area contributed by atoms with Crippen molar-refractivity contribution in [2.24, 2.45) is 0 Å². The molecule has 3 rings (SSSR count). The highest BCUT2D eigenvalue weighted by Gasteiger charge is 2.21. The van der Waals surface area contributed by atoms with E-state index in [1.165, 1.54) is 38.3 Å². The van der Waals surface area contributed by atoms with Crippen LogP contribution in [0.4, 0.5) is 8.78 Å². The Labute approximate surface area is 171 Å². The molecule has 0 radical (unpaired) electrons. The van der Waals surface area contributed by atoms with Crippen LogP contribution < -0.4 is 9.47 Å². The van der Waals surface area contributed by atoms with Gasteiger partial charge in [0.05, 0.1) is 7.11 Å². The number of Topliss-reactive ketones (excluding diaryl/α,β-unsaturated/α-hetero) is 1. The number of hydrogen-bond acceptors (Lipinski definition) is 5. The molecular weight excluding hydrogens is 396 g/mol. The maximum atomic E-state index is 12.6. The fourth-order valence-electron chi connectivity index (χ4n) is 2.91. The second kappa shape index (κ2) is 9.21. The normalized spacial score (nSPS) is 12.3. The Kier molecular flexibility index (Phi) is 6.46. The van der Waals surface area contributed by atoms with Gasteiger partial charge in [0.25, 0.3) is 0 Å². The van der Waals surface area contributed by atoms with Gasteiger partial charge in [0.1, 0.15) is 0 Å². The summed E-state index contributed by atoms with van der Waals surface area (Å²) < 4.78 is 39.3. The summed E-state index contributed by atoms with van der Waals surface area (Å²) in [6.07, 6.45) is 3.15. The van der Waals surface area contributed by atoms with Crippen molar-refractivity contribution in [2.75, 3.05) is 7.11 Å². The van der Waals surface area contributed by atoms with Gasteiger partial charge in [-0.1, -0.05) is 24.3 Å². The van der Waals surface area contributed by atoms with Crippen LogP contribution in [-0.2, 0) is 9.53 Å². The van der Waals surface area contributed by atoms with Crippen LogP contribution in [0.2, 0.25) is 0 Å². The molecule has 0 saturated carbocycles. The van der Waals surface area contributed by atoms with E-state index in [2.05, 4.69) is 9.72 Å². The number of hydrogen-bond donors (Lipinski definition) is 1. The molecule has 30 heavy (non-hydrogen) atoms. The van der Waals surface area contributed by atoms with Gasteiger partial charge in [0, 0.05) is 28.7 Å². The van der Waals surface area contributed by atoms with Crippen LogP contribution >= 0.6 is 0 Å². The smallest absolute Gasteiger partial charge is 0.387 e. The lowest BCUT2D eigenvalue weighted by atomic mass is 10.1. The first-order chi connectivity index (χ1) is 14.4. The second-order valence-corrected chi connectivity index (χ2v) is 6.31. The number of H-pyrrole nitrogens is 1. The standard InChI is InChI=1S/C22H19F2NO5/c1-13(21(27)16-12-25-17-6-4-3-5-15(16)17)29-20(26)10-8-14-7-9-18(30-22(23)24)19(11-14)28-2/h3-13,22,25H,1-2H3/b10-8+. The number of alkyl halides is 2. The molecule has 0 bridgehead atoms. The Hall–Kier alpha value is -3.68. The minimum Gasteiger partial charge on any atom is -0.493 e. The van der Waals surface area contributed by atoms with E-state index >= 15 is 0 Å². The van der Waals surface area contributed by atoms with E-state index in [-0.39, 0.29) is 17.3 Å². The maximum Gasteiger partial charge on any atom is 0.387 e. The number of ether oxygens (including phenoxy) is 3. The zero-order chi connectivity index (χ0) is 21.7. The van der Waals surface area contributed by atoms with E-state index in [9.17, 15) is 18.4 Å². The van der Waals surface area contributed by atoms with E-state index in [1.54, 1.807) is 6.20 Å². The monoisotopic (exact) mass is 415 g/mol. The highest BCUT2D eigenvalue weighted by atomic mass is 19.3. The summed E-state index contributed by atoms with van der Waals surface area (Å²) in [5.74, 6) is -1.08. The van der Waals surface area contributed by atoms with Crippen LogP contribution in [0.5, 0.6) is 11.5 Å². The van der Waals surface area contributed by atoms with Crippen LogP contribution in [-0.4, -0.2) is 36.6 Å². The van der Waals surface area contributed by atoms with Crippen molar-refractivity contribution in [3.05, 3.63) is 65.9 Å². The summed E-state index contributed by atoms with van der Waals surface area (Å²) in [5, 5.41) is 0.749. The number of methoxy groups -OCH3 is 1. The van der Waals surface area contributed by atoms with Gasteiger partial charge in [-0.15, -0.1) is 0 Å². The Balaban J connectivity index is 1.66. The molecule has 2 aromatic carbocycles. The molecule has 0 aliphatic rings. The lowest BCUT2D eigenvalue weighted by molar-refractivity contribution is -0.140. The minimum atomic E-state index is -2.98. The Morgan fingerprint density at radius 1 is 1.10 bits per heavy atom. The van der Waals surface area contributed by atoms with Gasteiger partial charge < -0.3 is 19.2 Å². The molecule has 156 valence electrons. The van der Waals surface area contributed by atoms with E-state index in [0.717, 1.165) is 17.0 Å². The molecule has 0 aliphatic carbocycles. The molecule has 0 aliphatic heterocycles. The van der Waals surface area contributed by atoms with Gasteiger partial charge in [-0.2, -0.15) is 8.78 Å². The van der Waals surface area contributed by atoms with Crippen LogP contribution in [0.1, 0.15) is 22.8 Å².